The van der Waals surface area contributed by atoms with Crippen molar-refractivity contribution in [2.24, 2.45) is 28.6 Å². The summed E-state index contributed by atoms with van der Waals surface area (Å²) < 4.78 is 22.5. The first-order chi connectivity index (χ1) is 11.3. The van der Waals surface area contributed by atoms with Gasteiger partial charge in [-0.3, -0.25) is 4.79 Å². The van der Waals surface area contributed by atoms with Gasteiger partial charge in [-0.2, -0.15) is 0 Å². The minimum Gasteiger partial charge on any atom is -0.352 e. The van der Waals surface area contributed by atoms with Crippen LogP contribution in [0.15, 0.2) is 29.2 Å². The van der Waals surface area contributed by atoms with E-state index in [0.717, 1.165) is 31.2 Å². The third kappa shape index (κ3) is 4.73. The Morgan fingerprint density at radius 2 is 1.68 bits per heavy atom. The molecule has 3 rings (SSSR count). The van der Waals surface area contributed by atoms with Gasteiger partial charge in [0.15, 0.2) is 0 Å². The smallest absolute Gasteiger partial charge is 0.238 e. The number of benzene rings is 1. The summed E-state index contributed by atoms with van der Waals surface area (Å²) in [6, 6.07) is 6.52. The Morgan fingerprint density at radius 1 is 1.12 bits per heavy atom. The summed E-state index contributed by atoms with van der Waals surface area (Å²) in [7, 11) is -3.68. The highest BCUT2D eigenvalue weighted by Crippen LogP contribution is 2.41. The number of hydrogen-bond acceptors (Lipinski definition) is 4. The van der Waals surface area contributed by atoms with Gasteiger partial charge in [-0.1, -0.05) is 18.6 Å². The van der Waals surface area contributed by atoms with Crippen molar-refractivity contribution in [1.29, 1.82) is 0 Å². The number of rotatable bonds is 4. The Morgan fingerprint density at radius 3 is 2.20 bits per heavy atom. The van der Waals surface area contributed by atoms with Gasteiger partial charge in [-0.05, 0) is 55.2 Å². The van der Waals surface area contributed by atoms with E-state index in [0.29, 0.717) is 18.4 Å². The number of carbonyl (C=O) groups excluding carboxylic acids is 1. The van der Waals surface area contributed by atoms with E-state index in [4.69, 9.17) is 10.9 Å². The molecule has 0 saturated heterocycles. The molecule has 2 aliphatic rings. The van der Waals surface area contributed by atoms with E-state index < -0.39 is 10.0 Å². The first-order valence-electron chi connectivity index (χ1n) is 8.49. The zero-order valence-electron chi connectivity index (χ0n) is 14.1. The van der Waals surface area contributed by atoms with Gasteiger partial charge in [0, 0.05) is 18.5 Å². The molecule has 25 heavy (non-hydrogen) atoms. The first-order valence-corrected chi connectivity index (χ1v) is 10.0. The molecular weight excluding hydrogens is 362 g/mol. The topological polar surface area (TPSA) is 115 Å². The Bertz CT molecular complexity index is 694. The van der Waals surface area contributed by atoms with E-state index in [-0.39, 0.29) is 35.2 Å². The SMILES string of the molecule is Cl.NC1C2CCCC1CC(C(=O)NCc1ccc(S(N)(=O)=O)cc1)C2. The molecule has 8 heteroatoms. The molecule has 1 aromatic rings. The second kappa shape index (κ2) is 8.03. The number of nitrogens with two attached hydrogens (primary N) is 2. The summed E-state index contributed by atoms with van der Waals surface area (Å²) in [4.78, 5) is 12.5. The van der Waals surface area contributed by atoms with E-state index >= 15 is 0 Å². The van der Waals surface area contributed by atoms with Gasteiger partial charge < -0.3 is 11.1 Å². The first kappa shape index (κ1) is 20.2. The maximum absolute atomic E-state index is 12.5. The van der Waals surface area contributed by atoms with Crippen LogP contribution < -0.4 is 16.2 Å². The number of carbonyl (C=O) groups is 1. The van der Waals surface area contributed by atoms with Crippen molar-refractivity contribution in [3.05, 3.63) is 29.8 Å². The summed E-state index contributed by atoms with van der Waals surface area (Å²) in [6.07, 6.45) is 5.27. The molecule has 0 aromatic heterocycles. The summed E-state index contributed by atoms with van der Waals surface area (Å²) in [5.74, 6) is 1.07. The highest BCUT2D eigenvalue weighted by atomic mass is 35.5. The largest absolute Gasteiger partial charge is 0.352 e. The standard InChI is InChI=1S/C17H25N3O3S.ClH/c18-16-12-2-1-3-13(16)9-14(8-12)17(21)20-10-11-4-6-15(7-5-11)24(19,22)23;/h4-7,12-14,16H,1-3,8-10,18H2,(H,20,21)(H2,19,22,23);1H. The molecule has 2 fully saturated rings. The second-order valence-electron chi connectivity index (χ2n) is 7.10. The van der Waals surface area contributed by atoms with Crippen molar-refractivity contribution in [3.8, 4) is 0 Å². The van der Waals surface area contributed by atoms with Crippen molar-refractivity contribution in [2.45, 2.75) is 49.6 Å². The van der Waals surface area contributed by atoms with Crippen molar-refractivity contribution >= 4 is 28.3 Å². The van der Waals surface area contributed by atoms with Crippen LogP contribution >= 0.6 is 12.4 Å². The van der Waals surface area contributed by atoms with Crippen LogP contribution in [0.25, 0.3) is 0 Å². The third-order valence-corrected chi connectivity index (χ3v) is 6.43. The lowest BCUT2D eigenvalue weighted by atomic mass is 9.65. The van der Waals surface area contributed by atoms with Crippen LogP contribution in [0.1, 0.15) is 37.7 Å². The predicted molar refractivity (Wildman–Crippen MR) is 98.4 cm³/mol. The molecule has 1 aromatic carbocycles. The molecule has 0 spiro atoms. The normalized spacial score (nSPS) is 28.7. The highest BCUT2D eigenvalue weighted by molar-refractivity contribution is 7.89. The van der Waals surface area contributed by atoms with Crippen molar-refractivity contribution in [2.75, 3.05) is 0 Å². The Hall–Kier alpha value is -1.15. The van der Waals surface area contributed by atoms with Gasteiger partial charge in [0.2, 0.25) is 15.9 Å². The van der Waals surface area contributed by atoms with Crippen LogP contribution in [-0.4, -0.2) is 20.4 Å². The molecule has 140 valence electrons. The minimum absolute atomic E-state index is 0. The lowest BCUT2D eigenvalue weighted by molar-refractivity contribution is -0.128. The van der Waals surface area contributed by atoms with E-state index in [9.17, 15) is 13.2 Å². The fourth-order valence-corrected chi connectivity index (χ4v) is 4.65. The average molecular weight is 388 g/mol. The molecule has 2 saturated carbocycles. The molecule has 0 heterocycles. The third-order valence-electron chi connectivity index (χ3n) is 5.50. The van der Waals surface area contributed by atoms with Gasteiger partial charge in [0.1, 0.15) is 0 Å². The van der Waals surface area contributed by atoms with Crippen LogP contribution in [0.5, 0.6) is 0 Å². The summed E-state index contributed by atoms with van der Waals surface area (Å²) in [5, 5.41) is 8.05. The van der Waals surface area contributed by atoms with Crippen molar-refractivity contribution in [1.82, 2.24) is 5.32 Å². The second-order valence-corrected chi connectivity index (χ2v) is 8.66. The number of primary sulfonamides is 1. The van der Waals surface area contributed by atoms with E-state index in [1.54, 1.807) is 12.1 Å². The Balaban J connectivity index is 0.00000225. The van der Waals surface area contributed by atoms with Gasteiger partial charge in [0.25, 0.3) is 0 Å². The molecule has 2 aliphatic carbocycles. The van der Waals surface area contributed by atoms with E-state index in [2.05, 4.69) is 5.32 Å². The van der Waals surface area contributed by atoms with Crippen molar-refractivity contribution < 1.29 is 13.2 Å². The molecule has 6 nitrogen and oxygen atoms in total. The lowest BCUT2D eigenvalue weighted by Crippen LogP contribution is -2.49. The van der Waals surface area contributed by atoms with Crippen LogP contribution in [0.4, 0.5) is 0 Å². The average Bonchev–Trinajstić information content (AvgIpc) is 2.52. The van der Waals surface area contributed by atoms with E-state index in [1.165, 1.54) is 18.6 Å². The van der Waals surface area contributed by atoms with Crippen LogP contribution in [0.3, 0.4) is 0 Å². The number of nitrogens with one attached hydrogen (secondary N) is 1. The number of halogens is 1. The maximum Gasteiger partial charge on any atom is 0.238 e. The molecule has 2 unspecified atom stereocenters. The fourth-order valence-electron chi connectivity index (χ4n) is 4.13. The zero-order chi connectivity index (χ0) is 17.3. The molecule has 2 bridgehead atoms. The quantitative estimate of drug-likeness (QED) is 0.726. The fraction of sp³-hybridized carbons (Fsp3) is 0.588. The molecule has 5 N–H and O–H groups in total. The van der Waals surface area contributed by atoms with Crippen LogP contribution in [0.2, 0.25) is 0 Å². The van der Waals surface area contributed by atoms with Crippen LogP contribution in [0, 0.1) is 17.8 Å². The minimum atomic E-state index is -3.68. The maximum atomic E-state index is 12.5. The molecule has 2 atom stereocenters. The van der Waals surface area contributed by atoms with Gasteiger partial charge in [0.05, 0.1) is 4.90 Å². The number of fused-ring (bicyclic) bond motifs is 2. The zero-order valence-corrected chi connectivity index (χ0v) is 15.7. The summed E-state index contributed by atoms with van der Waals surface area (Å²) >= 11 is 0. The van der Waals surface area contributed by atoms with Crippen LogP contribution in [-0.2, 0) is 21.4 Å². The molecule has 0 aliphatic heterocycles. The van der Waals surface area contributed by atoms with Crippen molar-refractivity contribution in [3.63, 3.8) is 0 Å². The summed E-state index contributed by atoms with van der Waals surface area (Å²) in [6.45, 7) is 0.390. The van der Waals surface area contributed by atoms with Gasteiger partial charge >= 0.3 is 0 Å². The van der Waals surface area contributed by atoms with Gasteiger partial charge in [-0.25, -0.2) is 13.6 Å². The summed E-state index contributed by atoms with van der Waals surface area (Å²) in [5.41, 5.74) is 7.12. The molecule has 1 amide bonds. The number of hydrogen-bond donors (Lipinski definition) is 3. The number of amides is 1. The van der Waals surface area contributed by atoms with Gasteiger partial charge in [-0.15, -0.1) is 12.4 Å². The highest BCUT2D eigenvalue weighted by Gasteiger charge is 2.40. The molecule has 0 radical (unpaired) electrons. The monoisotopic (exact) mass is 387 g/mol. The predicted octanol–water partition coefficient (Wildman–Crippen LogP) is 1.53. The number of sulfonamides is 1. The molecular formula is C17H26ClN3O3S. The Kier molecular flexibility index (Phi) is 6.48. The van der Waals surface area contributed by atoms with E-state index in [1.807, 2.05) is 0 Å². The lowest BCUT2D eigenvalue weighted by Gasteiger charge is -2.43. The Labute approximate surface area is 155 Å².